The zero-order valence-corrected chi connectivity index (χ0v) is 16.8. The summed E-state index contributed by atoms with van der Waals surface area (Å²) in [6.45, 7) is 4.26. The van der Waals surface area contributed by atoms with Gasteiger partial charge in [-0.1, -0.05) is 6.07 Å². The summed E-state index contributed by atoms with van der Waals surface area (Å²) in [5.74, 6) is 0.988. The topological polar surface area (TPSA) is 76.9 Å². The lowest BCUT2D eigenvalue weighted by Gasteiger charge is -2.36. The van der Waals surface area contributed by atoms with Crippen molar-refractivity contribution in [3.05, 3.63) is 51.9 Å². The number of hydrogen-bond acceptors (Lipinski definition) is 6. The predicted octanol–water partition coefficient (Wildman–Crippen LogP) is 1.90. The number of rotatable bonds is 4. The largest absolute Gasteiger partial charge is 0.454 e. The summed E-state index contributed by atoms with van der Waals surface area (Å²) >= 11 is 0. The van der Waals surface area contributed by atoms with Crippen LogP contribution in [0.25, 0.3) is 0 Å². The molecule has 0 radical (unpaired) electrons. The van der Waals surface area contributed by atoms with Gasteiger partial charge in [-0.15, -0.1) is 0 Å². The molecular formula is C20H21F3N4O4. The average Bonchev–Trinajstić information content (AvgIpc) is 3.21. The van der Waals surface area contributed by atoms with Gasteiger partial charge >= 0.3 is 6.18 Å². The van der Waals surface area contributed by atoms with E-state index in [2.05, 4.69) is 10.00 Å². The van der Waals surface area contributed by atoms with Crippen LogP contribution in [-0.4, -0.2) is 58.5 Å². The highest BCUT2D eigenvalue weighted by Crippen LogP contribution is 2.33. The molecule has 2 aliphatic rings. The molecule has 8 nitrogen and oxygen atoms in total. The Bertz CT molecular complexity index is 1030. The molecule has 31 heavy (non-hydrogen) atoms. The second-order valence-electron chi connectivity index (χ2n) is 7.46. The number of alkyl halides is 3. The third-order valence-electron chi connectivity index (χ3n) is 5.37. The van der Waals surface area contributed by atoms with Crippen LogP contribution in [0, 0.1) is 0 Å². The van der Waals surface area contributed by atoms with Gasteiger partial charge in [-0.3, -0.25) is 14.5 Å². The van der Waals surface area contributed by atoms with Crippen molar-refractivity contribution < 1.29 is 27.4 Å². The van der Waals surface area contributed by atoms with Gasteiger partial charge in [0.25, 0.3) is 5.56 Å². The Balaban J connectivity index is 1.37. The lowest BCUT2D eigenvalue weighted by molar-refractivity contribution is -0.144. The van der Waals surface area contributed by atoms with E-state index >= 15 is 0 Å². The Labute approximate surface area is 175 Å². The molecule has 1 aromatic carbocycles. The minimum atomic E-state index is -4.70. The molecule has 4 rings (SSSR count). The highest BCUT2D eigenvalue weighted by atomic mass is 19.4. The SMILES string of the molecule is CC(C(=O)N1CCN(Cc2ccc3c(c2)OCO3)CC1)n1nc(C(F)(F)F)ccc1=O. The Morgan fingerprint density at radius 2 is 1.81 bits per heavy atom. The number of halogens is 3. The molecule has 2 aromatic rings. The Kier molecular flexibility index (Phi) is 5.61. The van der Waals surface area contributed by atoms with Crippen molar-refractivity contribution in [3.8, 4) is 11.5 Å². The zero-order valence-electron chi connectivity index (χ0n) is 16.8. The first-order valence-electron chi connectivity index (χ1n) is 9.79. The first-order valence-corrected chi connectivity index (χ1v) is 9.79. The fourth-order valence-electron chi connectivity index (χ4n) is 3.65. The predicted molar refractivity (Wildman–Crippen MR) is 103 cm³/mol. The number of piperazine rings is 1. The lowest BCUT2D eigenvalue weighted by atomic mass is 10.1. The van der Waals surface area contributed by atoms with Gasteiger partial charge < -0.3 is 14.4 Å². The number of ether oxygens (including phenoxy) is 2. The van der Waals surface area contributed by atoms with E-state index in [9.17, 15) is 22.8 Å². The third-order valence-corrected chi connectivity index (χ3v) is 5.37. The summed E-state index contributed by atoms with van der Waals surface area (Å²) in [6, 6.07) is 6.01. The molecule has 1 fully saturated rings. The maximum Gasteiger partial charge on any atom is 0.435 e. The lowest BCUT2D eigenvalue weighted by Crippen LogP contribution is -2.50. The minimum Gasteiger partial charge on any atom is -0.454 e. The highest BCUT2D eigenvalue weighted by Gasteiger charge is 2.35. The van der Waals surface area contributed by atoms with Crippen LogP contribution in [0.2, 0.25) is 0 Å². The van der Waals surface area contributed by atoms with Gasteiger partial charge in [0, 0.05) is 38.8 Å². The van der Waals surface area contributed by atoms with Crippen LogP contribution >= 0.6 is 0 Å². The van der Waals surface area contributed by atoms with E-state index in [0.29, 0.717) is 55.0 Å². The van der Waals surface area contributed by atoms with Crippen molar-refractivity contribution >= 4 is 5.91 Å². The normalized spacial score (nSPS) is 17.6. The average molecular weight is 438 g/mol. The smallest absolute Gasteiger partial charge is 0.435 e. The summed E-state index contributed by atoms with van der Waals surface area (Å²) in [5.41, 5.74) is -0.910. The molecule has 1 unspecified atom stereocenters. The number of fused-ring (bicyclic) bond motifs is 1. The first kappa shape index (κ1) is 21.2. The van der Waals surface area contributed by atoms with Crippen LogP contribution in [0.4, 0.5) is 13.2 Å². The van der Waals surface area contributed by atoms with Crippen molar-refractivity contribution in [2.45, 2.75) is 25.7 Å². The molecule has 11 heteroatoms. The van der Waals surface area contributed by atoms with Crippen molar-refractivity contribution in [1.82, 2.24) is 19.6 Å². The van der Waals surface area contributed by atoms with E-state index in [-0.39, 0.29) is 6.79 Å². The first-order chi connectivity index (χ1) is 14.7. The summed E-state index contributed by atoms with van der Waals surface area (Å²) < 4.78 is 50.1. The van der Waals surface area contributed by atoms with Gasteiger partial charge in [0.05, 0.1) is 0 Å². The molecule has 0 bridgehead atoms. The van der Waals surface area contributed by atoms with Crippen molar-refractivity contribution in [3.63, 3.8) is 0 Å². The third kappa shape index (κ3) is 4.50. The fraction of sp³-hybridized carbons (Fsp3) is 0.450. The number of aromatic nitrogens is 2. The standard InChI is InChI=1S/C20H21F3N4O4/c1-13(27-18(28)5-4-17(24-27)20(21,22)23)19(29)26-8-6-25(7-9-26)11-14-2-3-15-16(10-14)31-12-30-15/h2-5,10,13H,6-9,11-12H2,1H3. The van der Waals surface area contributed by atoms with Crippen LogP contribution < -0.4 is 15.0 Å². The van der Waals surface area contributed by atoms with Crippen LogP contribution in [0.1, 0.15) is 24.2 Å². The molecule has 1 amide bonds. The molecule has 3 heterocycles. The van der Waals surface area contributed by atoms with Crippen LogP contribution in [0.3, 0.4) is 0 Å². The molecular weight excluding hydrogens is 417 g/mol. The maximum absolute atomic E-state index is 12.9. The van der Waals surface area contributed by atoms with Crippen LogP contribution in [0.15, 0.2) is 35.1 Å². The summed E-state index contributed by atoms with van der Waals surface area (Å²) in [4.78, 5) is 28.5. The van der Waals surface area contributed by atoms with Crippen LogP contribution in [-0.2, 0) is 17.5 Å². The van der Waals surface area contributed by atoms with E-state index in [1.165, 1.54) is 6.92 Å². The summed E-state index contributed by atoms with van der Waals surface area (Å²) in [5, 5.41) is 3.36. The molecule has 0 N–H and O–H groups in total. The molecule has 1 aromatic heterocycles. The van der Waals surface area contributed by atoms with Gasteiger partial charge in [0.15, 0.2) is 17.2 Å². The van der Waals surface area contributed by atoms with Gasteiger partial charge in [-0.2, -0.15) is 18.3 Å². The molecule has 1 atom stereocenters. The van der Waals surface area contributed by atoms with Crippen molar-refractivity contribution in [1.29, 1.82) is 0 Å². The van der Waals surface area contributed by atoms with E-state index in [1.807, 2.05) is 18.2 Å². The quantitative estimate of drug-likeness (QED) is 0.726. The molecule has 1 saturated heterocycles. The van der Waals surface area contributed by atoms with Crippen molar-refractivity contribution in [2.24, 2.45) is 0 Å². The van der Waals surface area contributed by atoms with E-state index in [0.717, 1.165) is 11.6 Å². The summed E-state index contributed by atoms with van der Waals surface area (Å²) in [6.07, 6.45) is -4.70. The Hall–Kier alpha value is -3.08. The number of benzene rings is 1. The van der Waals surface area contributed by atoms with Gasteiger partial charge in [0.1, 0.15) is 6.04 Å². The molecule has 0 saturated carbocycles. The van der Waals surface area contributed by atoms with E-state index in [4.69, 9.17) is 9.47 Å². The van der Waals surface area contributed by atoms with Crippen LogP contribution in [0.5, 0.6) is 11.5 Å². The fourth-order valence-corrected chi connectivity index (χ4v) is 3.65. The second kappa shape index (κ2) is 8.22. The number of carbonyl (C=O) groups excluding carboxylic acids is 1. The van der Waals surface area contributed by atoms with E-state index < -0.39 is 29.4 Å². The number of amides is 1. The minimum absolute atomic E-state index is 0.210. The zero-order chi connectivity index (χ0) is 22.2. The van der Waals surface area contributed by atoms with Crippen molar-refractivity contribution in [2.75, 3.05) is 33.0 Å². The number of hydrogen-bond donors (Lipinski definition) is 0. The second-order valence-corrected chi connectivity index (χ2v) is 7.46. The Morgan fingerprint density at radius 1 is 1.10 bits per heavy atom. The monoisotopic (exact) mass is 438 g/mol. The van der Waals surface area contributed by atoms with Gasteiger partial charge in [-0.05, 0) is 30.7 Å². The van der Waals surface area contributed by atoms with Gasteiger partial charge in [0.2, 0.25) is 12.7 Å². The number of carbonyl (C=O) groups is 1. The Morgan fingerprint density at radius 3 is 2.52 bits per heavy atom. The maximum atomic E-state index is 12.9. The molecule has 0 spiro atoms. The summed E-state index contributed by atoms with van der Waals surface area (Å²) in [7, 11) is 0. The van der Waals surface area contributed by atoms with E-state index in [1.54, 1.807) is 4.90 Å². The molecule has 0 aliphatic carbocycles. The molecule has 2 aliphatic heterocycles. The highest BCUT2D eigenvalue weighted by molar-refractivity contribution is 5.80. The molecule has 166 valence electrons. The number of nitrogens with zero attached hydrogens (tertiary/aromatic N) is 4. The van der Waals surface area contributed by atoms with Gasteiger partial charge in [-0.25, -0.2) is 4.68 Å².